The molecule has 4 nitrogen and oxygen atoms in total. The Hall–Kier alpha value is -1.71. The van der Waals surface area contributed by atoms with Gasteiger partial charge in [-0.25, -0.2) is 4.79 Å². The summed E-state index contributed by atoms with van der Waals surface area (Å²) in [6, 6.07) is 5.09. The Kier molecular flexibility index (Phi) is 4.66. The van der Waals surface area contributed by atoms with Gasteiger partial charge in [-0.15, -0.1) is 0 Å². The lowest BCUT2D eigenvalue weighted by Crippen LogP contribution is -2.13. The van der Waals surface area contributed by atoms with Gasteiger partial charge in [0.25, 0.3) is 0 Å². The van der Waals surface area contributed by atoms with Crippen LogP contribution in [0, 0.1) is 5.92 Å². The number of nitrogens with two attached hydrogens (primary N) is 1. The number of hydrogen-bond acceptors (Lipinski definition) is 3. The summed E-state index contributed by atoms with van der Waals surface area (Å²) in [7, 11) is 0. The molecule has 1 aliphatic carbocycles. The van der Waals surface area contributed by atoms with Crippen molar-refractivity contribution in [1.82, 2.24) is 0 Å². The number of anilines is 2. The molecule has 1 fully saturated rings. The van der Waals surface area contributed by atoms with Crippen LogP contribution in [0.15, 0.2) is 18.2 Å². The molecular formula is C15H22N2O2. The van der Waals surface area contributed by atoms with Crippen LogP contribution in [0.5, 0.6) is 0 Å². The minimum Gasteiger partial charge on any atom is -0.478 e. The molecule has 1 aromatic rings. The van der Waals surface area contributed by atoms with Crippen LogP contribution in [0.2, 0.25) is 0 Å². The van der Waals surface area contributed by atoms with Gasteiger partial charge in [0.05, 0.1) is 16.9 Å². The molecule has 0 aliphatic heterocycles. The minimum atomic E-state index is -0.978. The summed E-state index contributed by atoms with van der Waals surface area (Å²) in [5.41, 5.74) is 7.09. The van der Waals surface area contributed by atoms with E-state index in [1.54, 1.807) is 6.07 Å². The zero-order valence-electron chi connectivity index (χ0n) is 11.2. The Balaban J connectivity index is 1.88. The highest BCUT2D eigenvalue weighted by Crippen LogP contribution is 2.27. The smallest absolute Gasteiger partial charge is 0.337 e. The summed E-state index contributed by atoms with van der Waals surface area (Å²) in [4.78, 5) is 11.0. The van der Waals surface area contributed by atoms with Gasteiger partial charge in [0.15, 0.2) is 0 Å². The molecule has 19 heavy (non-hydrogen) atoms. The van der Waals surface area contributed by atoms with Crippen LogP contribution in [-0.4, -0.2) is 17.6 Å². The molecule has 0 amide bonds. The van der Waals surface area contributed by atoms with Crippen molar-refractivity contribution < 1.29 is 9.90 Å². The summed E-state index contributed by atoms with van der Waals surface area (Å²) >= 11 is 0. The molecule has 4 heteroatoms. The second kappa shape index (κ2) is 6.45. The number of para-hydroxylation sites is 1. The van der Waals surface area contributed by atoms with Crippen molar-refractivity contribution in [3.8, 4) is 0 Å². The normalized spacial score (nSPS) is 16.2. The Morgan fingerprint density at radius 3 is 2.74 bits per heavy atom. The largest absolute Gasteiger partial charge is 0.478 e. The summed E-state index contributed by atoms with van der Waals surface area (Å²) in [5.74, 6) is -0.168. The highest BCUT2D eigenvalue weighted by Gasteiger charge is 2.14. The van der Waals surface area contributed by atoms with E-state index in [9.17, 15) is 4.79 Å². The number of hydrogen-bond donors (Lipinski definition) is 3. The van der Waals surface area contributed by atoms with Crippen LogP contribution in [0.25, 0.3) is 0 Å². The van der Waals surface area contributed by atoms with Crippen molar-refractivity contribution in [1.29, 1.82) is 0 Å². The van der Waals surface area contributed by atoms with E-state index in [0.717, 1.165) is 24.6 Å². The van der Waals surface area contributed by atoms with Crippen molar-refractivity contribution >= 4 is 17.3 Å². The first-order chi connectivity index (χ1) is 9.18. The molecule has 0 heterocycles. The number of benzene rings is 1. The first-order valence-corrected chi connectivity index (χ1v) is 7.04. The number of rotatable bonds is 5. The molecule has 2 rings (SSSR count). The third-order valence-corrected chi connectivity index (χ3v) is 3.93. The molecule has 0 radical (unpaired) electrons. The molecule has 1 aromatic carbocycles. The van der Waals surface area contributed by atoms with Crippen molar-refractivity contribution in [2.45, 2.75) is 38.5 Å². The molecule has 1 saturated carbocycles. The second-order valence-electron chi connectivity index (χ2n) is 5.29. The Labute approximate surface area is 114 Å². The van der Waals surface area contributed by atoms with E-state index in [1.165, 1.54) is 38.2 Å². The molecule has 4 N–H and O–H groups in total. The fourth-order valence-corrected chi connectivity index (χ4v) is 2.79. The molecule has 0 aromatic heterocycles. The van der Waals surface area contributed by atoms with E-state index in [4.69, 9.17) is 10.8 Å². The van der Waals surface area contributed by atoms with E-state index < -0.39 is 5.97 Å². The maximum atomic E-state index is 11.0. The molecule has 0 bridgehead atoms. The number of nitrogen functional groups attached to an aromatic ring is 1. The van der Waals surface area contributed by atoms with Crippen molar-refractivity contribution in [3.05, 3.63) is 23.8 Å². The topological polar surface area (TPSA) is 75.3 Å². The maximum Gasteiger partial charge on any atom is 0.337 e. The summed E-state index contributed by atoms with van der Waals surface area (Å²) < 4.78 is 0. The number of carbonyl (C=O) groups is 1. The van der Waals surface area contributed by atoms with Crippen LogP contribution in [0.4, 0.5) is 11.4 Å². The van der Waals surface area contributed by atoms with Gasteiger partial charge >= 0.3 is 5.97 Å². The van der Waals surface area contributed by atoms with Gasteiger partial charge in [-0.05, 0) is 24.5 Å². The zero-order valence-corrected chi connectivity index (χ0v) is 11.2. The number of aromatic carboxylic acids is 1. The van der Waals surface area contributed by atoms with Crippen LogP contribution in [-0.2, 0) is 0 Å². The van der Waals surface area contributed by atoms with Crippen molar-refractivity contribution in [2.75, 3.05) is 17.6 Å². The van der Waals surface area contributed by atoms with Gasteiger partial charge in [0, 0.05) is 6.54 Å². The molecule has 0 saturated heterocycles. The van der Waals surface area contributed by atoms with E-state index in [0.29, 0.717) is 5.69 Å². The van der Waals surface area contributed by atoms with Crippen LogP contribution in [0.3, 0.4) is 0 Å². The number of carboxylic acid groups (broad SMARTS) is 1. The van der Waals surface area contributed by atoms with Gasteiger partial charge in [-0.1, -0.05) is 38.2 Å². The summed E-state index contributed by atoms with van der Waals surface area (Å²) in [6.45, 7) is 0.859. The fraction of sp³-hybridized carbons (Fsp3) is 0.533. The monoisotopic (exact) mass is 262 g/mol. The molecule has 104 valence electrons. The molecule has 0 atom stereocenters. The first kappa shape index (κ1) is 13.7. The van der Waals surface area contributed by atoms with E-state index in [1.807, 2.05) is 6.07 Å². The molecule has 1 aliphatic rings. The SMILES string of the molecule is Nc1c(NCCC2CCCCC2)cccc1C(=O)O. The van der Waals surface area contributed by atoms with E-state index >= 15 is 0 Å². The minimum absolute atomic E-state index is 0.169. The van der Waals surface area contributed by atoms with E-state index in [-0.39, 0.29) is 5.56 Å². The van der Waals surface area contributed by atoms with Gasteiger partial charge in [-0.3, -0.25) is 0 Å². The molecular weight excluding hydrogens is 240 g/mol. The Bertz CT molecular complexity index is 440. The highest BCUT2D eigenvalue weighted by atomic mass is 16.4. The second-order valence-corrected chi connectivity index (χ2v) is 5.29. The lowest BCUT2D eigenvalue weighted by atomic mass is 9.87. The fourth-order valence-electron chi connectivity index (χ4n) is 2.79. The Morgan fingerprint density at radius 2 is 2.05 bits per heavy atom. The lowest BCUT2D eigenvalue weighted by Gasteiger charge is -2.22. The van der Waals surface area contributed by atoms with Crippen LogP contribution < -0.4 is 11.1 Å². The third kappa shape index (κ3) is 3.63. The predicted molar refractivity (Wildman–Crippen MR) is 77.5 cm³/mol. The van der Waals surface area contributed by atoms with E-state index in [2.05, 4.69) is 5.32 Å². The quantitative estimate of drug-likeness (QED) is 0.711. The van der Waals surface area contributed by atoms with Crippen LogP contribution >= 0.6 is 0 Å². The zero-order chi connectivity index (χ0) is 13.7. The van der Waals surface area contributed by atoms with Gasteiger partial charge in [0.1, 0.15) is 0 Å². The predicted octanol–water partition coefficient (Wildman–Crippen LogP) is 3.35. The van der Waals surface area contributed by atoms with Crippen LogP contribution in [0.1, 0.15) is 48.9 Å². The maximum absolute atomic E-state index is 11.0. The number of carboxylic acids is 1. The first-order valence-electron chi connectivity index (χ1n) is 7.04. The molecule has 0 spiro atoms. The summed E-state index contributed by atoms with van der Waals surface area (Å²) in [5, 5.41) is 12.3. The highest BCUT2D eigenvalue weighted by molar-refractivity contribution is 5.97. The summed E-state index contributed by atoms with van der Waals surface area (Å²) in [6.07, 6.45) is 7.86. The lowest BCUT2D eigenvalue weighted by molar-refractivity contribution is 0.0698. The standard InChI is InChI=1S/C15H22N2O2/c16-14-12(15(18)19)7-4-8-13(14)17-10-9-11-5-2-1-3-6-11/h4,7-8,11,17H,1-3,5-6,9-10,16H2,(H,18,19). The number of nitrogens with one attached hydrogen (secondary N) is 1. The van der Waals surface area contributed by atoms with Gasteiger partial charge in [-0.2, -0.15) is 0 Å². The van der Waals surface area contributed by atoms with Gasteiger partial charge < -0.3 is 16.2 Å². The molecule has 0 unspecified atom stereocenters. The Morgan fingerprint density at radius 1 is 1.32 bits per heavy atom. The average molecular weight is 262 g/mol. The third-order valence-electron chi connectivity index (χ3n) is 3.93. The average Bonchev–Trinajstić information content (AvgIpc) is 2.41. The van der Waals surface area contributed by atoms with Crippen molar-refractivity contribution in [3.63, 3.8) is 0 Å². The van der Waals surface area contributed by atoms with Crippen molar-refractivity contribution in [2.24, 2.45) is 5.92 Å². The van der Waals surface area contributed by atoms with Gasteiger partial charge in [0.2, 0.25) is 0 Å².